The molecule has 1 aliphatic rings. The minimum absolute atomic E-state index is 0.161. The molecule has 1 aromatic carbocycles. The normalized spacial score (nSPS) is 20.7. The Kier molecular flexibility index (Phi) is 2.77. The highest BCUT2D eigenvalue weighted by atomic mass is 32.2. The Labute approximate surface area is 87.3 Å². The summed E-state index contributed by atoms with van der Waals surface area (Å²) in [6, 6.07) is 10.1. The van der Waals surface area contributed by atoms with Crippen molar-refractivity contribution in [3.8, 4) is 0 Å². The molecule has 0 heterocycles. The molecule has 2 nitrogen and oxygen atoms in total. The lowest BCUT2D eigenvalue weighted by molar-refractivity contribution is -0.138. The summed E-state index contributed by atoms with van der Waals surface area (Å²) in [7, 11) is 0. The van der Waals surface area contributed by atoms with Gasteiger partial charge in [-0.25, -0.2) is 0 Å². The van der Waals surface area contributed by atoms with Crippen molar-refractivity contribution in [2.45, 2.75) is 11.3 Å². The fraction of sp³-hybridized carbons (Fsp3) is 0.273. The van der Waals surface area contributed by atoms with Crippen LogP contribution in [-0.4, -0.2) is 16.8 Å². The van der Waals surface area contributed by atoms with E-state index in [1.807, 2.05) is 30.3 Å². The van der Waals surface area contributed by atoms with Crippen molar-refractivity contribution in [3.63, 3.8) is 0 Å². The van der Waals surface area contributed by atoms with Gasteiger partial charge in [0.15, 0.2) is 0 Å². The molecule has 1 aromatic rings. The van der Waals surface area contributed by atoms with E-state index in [2.05, 4.69) is 0 Å². The summed E-state index contributed by atoms with van der Waals surface area (Å²) in [6.45, 7) is 0. The Morgan fingerprint density at radius 2 is 2.14 bits per heavy atom. The average molecular weight is 207 g/mol. The van der Waals surface area contributed by atoms with Crippen LogP contribution in [0.25, 0.3) is 0 Å². The van der Waals surface area contributed by atoms with Crippen LogP contribution in [0.4, 0.5) is 0 Å². The first-order valence-electron chi connectivity index (χ1n) is 4.52. The van der Waals surface area contributed by atoms with Gasteiger partial charge in [0.2, 0.25) is 0 Å². The van der Waals surface area contributed by atoms with Crippen molar-refractivity contribution in [3.05, 3.63) is 36.2 Å². The predicted molar refractivity (Wildman–Crippen MR) is 56.2 cm³/mol. The van der Waals surface area contributed by atoms with Gasteiger partial charge < -0.3 is 5.11 Å². The van der Waals surface area contributed by atoms with Gasteiger partial charge in [0.1, 0.15) is 0 Å². The van der Waals surface area contributed by atoms with Gasteiger partial charge in [-0.1, -0.05) is 18.2 Å². The van der Waals surface area contributed by atoms with E-state index in [4.69, 9.17) is 5.11 Å². The third-order valence-electron chi connectivity index (χ3n) is 2.26. The van der Waals surface area contributed by atoms with Crippen molar-refractivity contribution in [1.29, 1.82) is 0 Å². The van der Waals surface area contributed by atoms with Crippen LogP contribution in [0.15, 0.2) is 35.2 Å². The standard InChI is InChI=1S/C11H11O2S/c12-11(13)10-6-8(10)7-14-9-4-2-1-3-5-9/h1-5,10H,6-7H2,(H,12,13). The van der Waals surface area contributed by atoms with Crippen LogP contribution in [0, 0.1) is 11.8 Å². The van der Waals surface area contributed by atoms with Crippen LogP contribution < -0.4 is 0 Å². The molecule has 1 aliphatic carbocycles. The molecule has 1 N–H and O–H groups in total. The summed E-state index contributed by atoms with van der Waals surface area (Å²) in [6.07, 6.45) is 0.773. The third-order valence-corrected chi connectivity index (χ3v) is 3.39. The molecule has 1 fully saturated rings. The van der Waals surface area contributed by atoms with Crippen molar-refractivity contribution in [1.82, 2.24) is 0 Å². The number of thioether (sulfide) groups is 1. The van der Waals surface area contributed by atoms with Gasteiger partial charge in [0, 0.05) is 16.6 Å². The quantitative estimate of drug-likeness (QED) is 0.770. The van der Waals surface area contributed by atoms with E-state index >= 15 is 0 Å². The number of carboxylic acids is 1. The van der Waals surface area contributed by atoms with Crippen LogP contribution >= 0.6 is 11.8 Å². The largest absolute Gasteiger partial charge is 0.481 e. The van der Waals surface area contributed by atoms with Gasteiger partial charge in [-0.15, -0.1) is 11.8 Å². The van der Waals surface area contributed by atoms with Crippen molar-refractivity contribution < 1.29 is 9.90 Å². The molecule has 0 aromatic heterocycles. The SMILES string of the molecule is O=C(O)C1C[C]1CSc1ccccc1. The van der Waals surface area contributed by atoms with Gasteiger partial charge in [0.25, 0.3) is 0 Å². The summed E-state index contributed by atoms with van der Waals surface area (Å²) in [4.78, 5) is 11.8. The zero-order valence-electron chi connectivity index (χ0n) is 7.64. The van der Waals surface area contributed by atoms with Crippen LogP contribution in [0.1, 0.15) is 6.42 Å². The van der Waals surface area contributed by atoms with E-state index in [-0.39, 0.29) is 5.92 Å². The molecule has 1 saturated carbocycles. The predicted octanol–water partition coefficient (Wildman–Crippen LogP) is 2.46. The van der Waals surface area contributed by atoms with E-state index < -0.39 is 5.97 Å². The second kappa shape index (κ2) is 4.05. The molecular weight excluding hydrogens is 196 g/mol. The van der Waals surface area contributed by atoms with E-state index in [0.29, 0.717) is 0 Å². The second-order valence-corrected chi connectivity index (χ2v) is 4.40. The maximum atomic E-state index is 10.6. The van der Waals surface area contributed by atoms with Crippen LogP contribution in [0.5, 0.6) is 0 Å². The molecule has 1 atom stereocenters. The van der Waals surface area contributed by atoms with Gasteiger partial charge >= 0.3 is 5.97 Å². The first-order valence-corrected chi connectivity index (χ1v) is 5.51. The molecule has 1 radical (unpaired) electrons. The van der Waals surface area contributed by atoms with Crippen LogP contribution in [0.3, 0.4) is 0 Å². The summed E-state index contributed by atoms with van der Waals surface area (Å²) in [5.74, 6) is 1.17. The smallest absolute Gasteiger partial charge is 0.307 e. The minimum atomic E-state index is -0.673. The molecule has 0 aliphatic heterocycles. The lowest BCUT2D eigenvalue weighted by Gasteiger charge is -1.98. The molecule has 0 bridgehead atoms. The Bertz CT molecular complexity index is 323. The zero-order valence-corrected chi connectivity index (χ0v) is 8.46. The van der Waals surface area contributed by atoms with Gasteiger partial charge in [0.05, 0.1) is 5.92 Å². The first-order chi connectivity index (χ1) is 6.77. The highest BCUT2D eigenvalue weighted by molar-refractivity contribution is 7.99. The van der Waals surface area contributed by atoms with Crippen molar-refractivity contribution in [2.24, 2.45) is 5.92 Å². The maximum absolute atomic E-state index is 10.6. The summed E-state index contributed by atoms with van der Waals surface area (Å²) >= 11 is 1.71. The molecule has 3 heteroatoms. The summed E-state index contributed by atoms with van der Waals surface area (Å²) in [5.41, 5.74) is 0. The number of carbonyl (C=O) groups is 1. The topological polar surface area (TPSA) is 37.3 Å². The van der Waals surface area contributed by atoms with Crippen LogP contribution in [0.2, 0.25) is 0 Å². The zero-order chi connectivity index (χ0) is 9.97. The van der Waals surface area contributed by atoms with Gasteiger partial charge in [-0.05, 0) is 18.6 Å². The minimum Gasteiger partial charge on any atom is -0.481 e. The molecule has 0 amide bonds. The number of hydrogen-bond donors (Lipinski definition) is 1. The van der Waals surface area contributed by atoms with Gasteiger partial charge in [-0.3, -0.25) is 4.79 Å². The summed E-state index contributed by atoms with van der Waals surface area (Å²) in [5, 5.41) is 8.69. The highest BCUT2D eigenvalue weighted by Gasteiger charge is 2.43. The molecule has 0 saturated heterocycles. The Morgan fingerprint density at radius 3 is 2.71 bits per heavy atom. The lowest BCUT2D eigenvalue weighted by atomic mass is 10.3. The van der Waals surface area contributed by atoms with Gasteiger partial charge in [-0.2, -0.15) is 0 Å². The monoisotopic (exact) mass is 207 g/mol. The van der Waals surface area contributed by atoms with Crippen molar-refractivity contribution >= 4 is 17.7 Å². The average Bonchev–Trinajstić information content (AvgIpc) is 2.96. The van der Waals surface area contributed by atoms with E-state index in [1.165, 1.54) is 4.90 Å². The number of benzene rings is 1. The fourth-order valence-corrected chi connectivity index (χ4v) is 2.34. The molecule has 2 rings (SSSR count). The Morgan fingerprint density at radius 1 is 1.43 bits per heavy atom. The van der Waals surface area contributed by atoms with E-state index in [0.717, 1.165) is 18.1 Å². The maximum Gasteiger partial charge on any atom is 0.307 e. The number of aliphatic carboxylic acids is 1. The molecular formula is C11H11O2S. The lowest BCUT2D eigenvalue weighted by Crippen LogP contribution is -1.99. The Balaban J connectivity index is 1.77. The molecule has 14 heavy (non-hydrogen) atoms. The highest BCUT2D eigenvalue weighted by Crippen LogP contribution is 2.44. The number of rotatable bonds is 4. The van der Waals surface area contributed by atoms with Crippen LogP contribution in [-0.2, 0) is 4.79 Å². The fourth-order valence-electron chi connectivity index (χ4n) is 1.32. The summed E-state index contributed by atoms with van der Waals surface area (Å²) < 4.78 is 0. The first kappa shape index (κ1) is 9.59. The Hall–Kier alpha value is -0.960. The number of hydrogen-bond acceptors (Lipinski definition) is 2. The van der Waals surface area contributed by atoms with E-state index in [1.54, 1.807) is 11.8 Å². The third kappa shape index (κ3) is 2.29. The number of carboxylic acid groups (broad SMARTS) is 1. The molecule has 1 unspecified atom stereocenters. The van der Waals surface area contributed by atoms with E-state index in [9.17, 15) is 4.79 Å². The van der Waals surface area contributed by atoms with Crippen molar-refractivity contribution in [2.75, 3.05) is 5.75 Å². The second-order valence-electron chi connectivity index (χ2n) is 3.35. The molecule has 73 valence electrons. The molecule has 0 spiro atoms.